The number of hydrogen-bond acceptors (Lipinski definition) is 21. The van der Waals surface area contributed by atoms with Crippen LogP contribution < -0.4 is 37.2 Å². The predicted molar refractivity (Wildman–Crippen MR) is 264 cm³/mol. The molecule has 0 unspecified atom stereocenters. The molecule has 7 amide bonds. The van der Waals surface area contributed by atoms with Gasteiger partial charge in [-0.3, -0.25) is 57.1 Å². The molecule has 2 heterocycles. The second kappa shape index (κ2) is 37.0. The first kappa shape index (κ1) is 69.0. The van der Waals surface area contributed by atoms with Crippen LogP contribution in [0, 0.1) is 5.92 Å². The number of carboxylic acid groups (broad SMARTS) is 4. The first-order valence-corrected chi connectivity index (χ1v) is 25.2. The number of aliphatic carboxylic acids is 4. The highest BCUT2D eigenvalue weighted by atomic mass is 19.1. The van der Waals surface area contributed by atoms with Crippen molar-refractivity contribution >= 4 is 65.2 Å². The molecule has 1 aromatic rings. The molecule has 1 fully saturated rings. The fraction of sp³-hybridized carbons (Fsp3) is 0.717. The molecule has 0 bridgehead atoms. The number of aromatic nitrogens is 3. The van der Waals surface area contributed by atoms with Crippen molar-refractivity contribution in [2.45, 2.75) is 133 Å². The first-order valence-electron chi connectivity index (χ1n) is 25.2. The van der Waals surface area contributed by atoms with Gasteiger partial charge in [0.15, 0.2) is 6.10 Å². The van der Waals surface area contributed by atoms with Gasteiger partial charge >= 0.3 is 23.9 Å². The van der Waals surface area contributed by atoms with Gasteiger partial charge in [0.1, 0.15) is 61.2 Å². The van der Waals surface area contributed by atoms with Crippen LogP contribution in [-0.2, 0) is 89.4 Å². The zero-order valence-corrected chi connectivity index (χ0v) is 44.2. The average Bonchev–Trinajstić information content (AvgIpc) is 3.83. The summed E-state index contributed by atoms with van der Waals surface area (Å²) in [5.41, 5.74) is 0.408. The van der Waals surface area contributed by atoms with Gasteiger partial charge in [-0.15, -0.1) is 5.10 Å². The Morgan fingerprint density at radius 1 is 0.625 bits per heavy atom. The van der Waals surface area contributed by atoms with Gasteiger partial charge in [-0.25, -0.2) is 4.68 Å². The van der Waals surface area contributed by atoms with E-state index in [-0.39, 0.29) is 78.7 Å². The van der Waals surface area contributed by atoms with Crippen molar-refractivity contribution in [2.24, 2.45) is 5.92 Å². The molecular formula is C46H73FN10O23. The van der Waals surface area contributed by atoms with Crippen LogP contribution in [0.1, 0.15) is 65.0 Å². The number of rotatable bonds is 41. The van der Waals surface area contributed by atoms with Crippen molar-refractivity contribution in [3.63, 3.8) is 0 Å². The number of nitrogens with one attached hydrogen (secondary N) is 7. The van der Waals surface area contributed by atoms with E-state index in [4.69, 9.17) is 28.8 Å². The zero-order chi connectivity index (χ0) is 59.9. The van der Waals surface area contributed by atoms with E-state index in [0.29, 0.717) is 5.69 Å². The summed E-state index contributed by atoms with van der Waals surface area (Å²) >= 11 is 0. The molecule has 452 valence electrons. The van der Waals surface area contributed by atoms with Crippen LogP contribution in [0.3, 0.4) is 0 Å². The fourth-order valence-corrected chi connectivity index (χ4v) is 7.11. The summed E-state index contributed by atoms with van der Waals surface area (Å²) in [5, 5.41) is 92.5. The minimum absolute atomic E-state index is 0.0144. The summed E-state index contributed by atoms with van der Waals surface area (Å²) < 4.78 is 40.3. The number of aliphatic hydroxyl groups excluding tert-OH is 3. The Balaban J connectivity index is 2.04. The monoisotopic (exact) mass is 1150 g/mol. The molecule has 1 aliphatic heterocycles. The van der Waals surface area contributed by atoms with Crippen molar-refractivity contribution in [1.82, 2.24) is 52.2 Å². The Labute approximate surface area is 456 Å². The highest BCUT2D eigenvalue weighted by Crippen LogP contribution is 2.22. The van der Waals surface area contributed by atoms with E-state index in [1.165, 1.54) is 27.0 Å². The number of carbonyl (C=O) groups excluding carboxylic acids is 7. The van der Waals surface area contributed by atoms with Gasteiger partial charge in [-0.2, -0.15) is 0 Å². The standard InChI is InChI=1S/C46H73FN10O23/c1-24(2)36(45(74)52-28(19-34(63)64)43(72)50-25(3)41(70)48-10-12-77-14-16-79-18-17-78-15-13-76-11-8-33(61)62)54-42(71)27(6-7-32(59)60)51-44(73)29(20-35(65)66)53-46(75)40-39(69)38(68)37(67)30(80-40)21-49-31(58)23-57-22-26(55-56-57)5-4-9-47/h22,24-25,27-30,36-40,67-69H,4-21,23H2,1-3H3,(H,48,70)(H,49,58)(H,50,72)(H,51,73)(H,52,74)(H,53,75)(H,54,71)(H,59,60)(H,61,62)(H,63,64)(H,65,66)/t25-,27-,28-,29-,30-,36-,37-,38+,39+,40-/m0/s1. The van der Waals surface area contributed by atoms with Crippen LogP contribution in [0.15, 0.2) is 6.20 Å². The van der Waals surface area contributed by atoms with Crippen molar-refractivity contribution in [3.8, 4) is 0 Å². The largest absolute Gasteiger partial charge is 0.481 e. The summed E-state index contributed by atoms with van der Waals surface area (Å²) in [6.07, 6.45) is -11.9. The number of aryl methyl sites for hydroxylation is 1. The lowest BCUT2D eigenvalue weighted by atomic mass is 9.94. The van der Waals surface area contributed by atoms with Crippen LogP contribution in [0.5, 0.6) is 0 Å². The van der Waals surface area contributed by atoms with E-state index in [1.54, 1.807) is 0 Å². The van der Waals surface area contributed by atoms with E-state index < -0.39 is 177 Å². The minimum atomic E-state index is -2.20. The van der Waals surface area contributed by atoms with E-state index >= 15 is 0 Å². The van der Waals surface area contributed by atoms with E-state index in [2.05, 4.69) is 42.2 Å². The molecule has 10 atom stereocenters. The third-order valence-corrected chi connectivity index (χ3v) is 11.4. The smallest absolute Gasteiger partial charge is 0.305 e. The number of alkyl halides is 1. The number of carboxylic acids is 4. The maximum Gasteiger partial charge on any atom is 0.305 e. The molecule has 1 saturated heterocycles. The molecule has 33 nitrogen and oxygen atoms in total. The summed E-state index contributed by atoms with van der Waals surface area (Å²) in [4.78, 5) is 139. The lowest BCUT2D eigenvalue weighted by Crippen LogP contribution is -2.65. The molecule has 1 aromatic heterocycles. The molecule has 0 aliphatic carbocycles. The van der Waals surface area contributed by atoms with Crippen LogP contribution >= 0.6 is 0 Å². The van der Waals surface area contributed by atoms with Crippen LogP contribution in [0.4, 0.5) is 4.39 Å². The fourth-order valence-electron chi connectivity index (χ4n) is 7.11. The Hall–Kier alpha value is -7.08. The summed E-state index contributed by atoms with van der Waals surface area (Å²) in [6.45, 7) is 3.92. The number of carbonyl (C=O) groups is 11. The molecule has 80 heavy (non-hydrogen) atoms. The van der Waals surface area contributed by atoms with Crippen molar-refractivity contribution in [1.29, 1.82) is 0 Å². The normalized spacial score (nSPS) is 18.8. The van der Waals surface area contributed by atoms with E-state index in [0.717, 1.165) is 4.68 Å². The van der Waals surface area contributed by atoms with Gasteiger partial charge in [0.05, 0.1) is 84.5 Å². The Morgan fingerprint density at radius 2 is 1.16 bits per heavy atom. The lowest BCUT2D eigenvalue weighted by Gasteiger charge is -2.40. The second-order valence-corrected chi connectivity index (χ2v) is 18.2. The maximum absolute atomic E-state index is 13.8. The highest BCUT2D eigenvalue weighted by molar-refractivity contribution is 5.98. The summed E-state index contributed by atoms with van der Waals surface area (Å²) in [6, 6.07) is -8.76. The van der Waals surface area contributed by atoms with Crippen LogP contribution in [0.25, 0.3) is 0 Å². The van der Waals surface area contributed by atoms with Crippen molar-refractivity contribution in [2.75, 3.05) is 72.6 Å². The SMILES string of the molecule is CC(C)[C@H](NC(=O)[C@H](CCC(=O)O)NC(=O)[C@H](CC(=O)O)NC(=O)[C@H]1O[C@@H](CNC(=O)Cn2cc(CCCF)nn2)[C@H](O)[C@@H](O)[C@H]1O)C(=O)N[C@@H](CC(=O)O)C(=O)N[C@@H](C)C(=O)NCCOCCOCCOCCOCCC(=O)O. The number of amides is 7. The number of nitrogens with zero attached hydrogens (tertiary/aromatic N) is 3. The molecule has 14 N–H and O–H groups in total. The number of hydrogen-bond donors (Lipinski definition) is 14. The Kier molecular flexibility index (Phi) is 31.9. The first-order chi connectivity index (χ1) is 37.8. The number of aliphatic hydroxyl groups is 3. The van der Waals surface area contributed by atoms with Gasteiger partial charge in [0.25, 0.3) is 5.91 Å². The van der Waals surface area contributed by atoms with Gasteiger partial charge in [-0.1, -0.05) is 19.1 Å². The molecule has 0 saturated carbocycles. The molecule has 34 heteroatoms. The molecule has 2 rings (SSSR count). The quantitative estimate of drug-likeness (QED) is 0.0271. The topological polar surface area (TPSA) is 490 Å². The van der Waals surface area contributed by atoms with Gasteiger partial charge in [0, 0.05) is 25.7 Å². The molecule has 0 aromatic carbocycles. The summed E-state index contributed by atoms with van der Waals surface area (Å²) in [5.74, 6) is -14.4. The Morgan fingerprint density at radius 3 is 1.73 bits per heavy atom. The van der Waals surface area contributed by atoms with Crippen LogP contribution in [-0.4, -0.2) is 249 Å². The average molecular weight is 1150 g/mol. The molecule has 0 spiro atoms. The number of ether oxygens (including phenoxy) is 5. The van der Waals surface area contributed by atoms with Crippen LogP contribution in [0.2, 0.25) is 0 Å². The molecule has 1 aliphatic rings. The third-order valence-electron chi connectivity index (χ3n) is 11.4. The highest BCUT2D eigenvalue weighted by Gasteiger charge is 2.47. The third kappa shape index (κ3) is 26.7. The Bertz CT molecular complexity index is 2210. The zero-order valence-electron chi connectivity index (χ0n) is 44.2. The number of halogens is 1. The maximum atomic E-state index is 13.8. The van der Waals surface area contributed by atoms with E-state index in [9.17, 15) is 87.8 Å². The minimum Gasteiger partial charge on any atom is -0.481 e. The lowest BCUT2D eigenvalue weighted by molar-refractivity contribution is -0.219. The van der Waals surface area contributed by atoms with Gasteiger partial charge in [-0.05, 0) is 32.1 Å². The predicted octanol–water partition coefficient (Wildman–Crippen LogP) is -6.28. The van der Waals surface area contributed by atoms with Crippen molar-refractivity contribution in [3.05, 3.63) is 11.9 Å². The van der Waals surface area contributed by atoms with Crippen molar-refractivity contribution < 1.29 is 117 Å². The molecule has 0 radical (unpaired) electrons. The van der Waals surface area contributed by atoms with Gasteiger partial charge < -0.3 is 96.6 Å². The summed E-state index contributed by atoms with van der Waals surface area (Å²) in [7, 11) is 0. The van der Waals surface area contributed by atoms with Gasteiger partial charge in [0.2, 0.25) is 35.4 Å². The molecular weight excluding hydrogens is 1080 g/mol. The van der Waals surface area contributed by atoms with E-state index in [1.807, 2.05) is 5.32 Å². The second-order valence-electron chi connectivity index (χ2n) is 18.2.